The molecule has 2 aromatic carbocycles. The third-order valence-electron chi connectivity index (χ3n) is 2.65. The minimum atomic E-state index is -0.413. The number of non-ortho nitro benzene ring substituents is 1. The van der Waals surface area contributed by atoms with Crippen molar-refractivity contribution in [2.24, 2.45) is 0 Å². The highest BCUT2D eigenvalue weighted by Crippen LogP contribution is 2.26. The lowest BCUT2D eigenvalue weighted by molar-refractivity contribution is -0.384. The second-order valence-corrected chi connectivity index (χ2v) is 6.46. The van der Waals surface area contributed by atoms with Crippen LogP contribution in [0.2, 0.25) is 5.02 Å². The molecule has 0 fully saturated rings. The summed E-state index contributed by atoms with van der Waals surface area (Å²) in [5.74, 6) is 0. The number of anilines is 1. The average Bonchev–Trinajstić information content (AvgIpc) is 2.38. The Morgan fingerprint density at radius 2 is 2.05 bits per heavy atom. The Hall–Kier alpha value is -0.860. The van der Waals surface area contributed by atoms with E-state index in [4.69, 9.17) is 11.6 Å². The quantitative estimate of drug-likeness (QED) is 0.381. The summed E-state index contributed by atoms with van der Waals surface area (Å²) in [6, 6.07) is 10.3. The van der Waals surface area contributed by atoms with Crippen molar-refractivity contribution in [1.82, 2.24) is 0 Å². The molecule has 0 saturated carbocycles. The van der Waals surface area contributed by atoms with E-state index in [0.29, 0.717) is 16.0 Å². The van der Waals surface area contributed by atoms with E-state index in [2.05, 4.69) is 43.8 Å². The van der Waals surface area contributed by atoms with Crippen molar-refractivity contribution in [2.45, 2.75) is 6.54 Å². The summed E-state index contributed by atoms with van der Waals surface area (Å²) >= 11 is 11.5. The van der Waals surface area contributed by atoms with Crippen molar-refractivity contribution in [3.8, 4) is 0 Å². The van der Waals surface area contributed by atoms with Gasteiger partial charge in [-0.25, -0.2) is 0 Å². The molecule has 0 bridgehead atoms. The van der Waals surface area contributed by atoms with E-state index >= 15 is 0 Å². The van der Waals surface area contributed by atoms with Gasteiger partial charge >= 0.3 is 0 Å². The number of nitrogens with zero attached hydrogens (tertiary/aromatic N) is 1. The standard InChI is InChI=1S/C13H9BrClIN2O2/c14-11-6-10(18(19)20)3-1-8(11)7-17-13-4-2-9(15)5-12(13)16/h1-6,17H,7H2. The van der Waals surface area contributed by atoms with Gasteiger partial charge in [-0.15, -0.1) is 0 Å². The van der Waals surface area contributed by atoms with Crippen LogP contribution < -0.4 is 5.32 Å². The monoisotopic (exact) mass is 466 g/mol. The molecule has 0 aliphatic carbocycles. The molecule has 104 valence electrons. The maximum absolute atomic E-state index is 10.7. The van der Waals surface area contributed by atoms with Crippen LogP contribution in [0.3, 0.4) is 0 Å². The Labute approximate surface area is 142 Å². The second kappa shape index (κ2) is 6.73. The SMILES string of the molecule is O=[N+]([O-])c1ccc(CNc2ccc(Cl)cc2I)c(Br)c1. The zero-order chi connectivity index (χ0) is 14.7. The fraction of sp³-hybridized carbons (Fsp3) is 0.0769. The number of halogens is 3. The molecule has 0 aliphatic rings. The Morgan fingerprint density at radius 3 is 2.65 bits per heavy atom. The van der Waals surface area contributed by atoms with E-state index in [0.717, 1.165) is 14.8 Å². The molecule has 0 saturated heterocycles. The number of rotatable bonds is 4. The number of hydrogen-bond donors (Lipinski definition) is 1. The van der Waals surface area contributed by atoms with Crippen LogP contribution in [0.1, 0.15) is 5.56 Å². The zero-order valence-corrected chi connectivity index (χ0v) is 14.6. The maximum atomic E-state index is 10.7. The predicted octanol–water partition coefficient (Wildman–Crippen LogP) is 5.23. The number of benzene rings is 2. The van der Waals surface area contributed by atoms with E-state index in [-0.39, 0.29) is 5.69 Å². The van der Waals surface area contributed by atoms with Gasteiger partial charge in [-0.3, -0.25) is 10.1 Å². The van der Waals surface area contributed by atoms with E-state index in [1.54, 1.807) is 6.07 Å². The van der Waals surface area contributed by atoms with E-state index in [1.807, 2.05) is 18.2 Å². The fourth-order valence-electron chi connectivity index (χ4n) is 1.62. The lowest BCUT2D eigenvalue weighted by Gasteiger charge is -2.10. The first-order valence-electron chi connectivity index (χ1n) is 5.59. The molecule has 0 unspecified atom stereocenters. The van der Waals surface area contributed by atoms with Gasteiger partial charge in [0.05, 0.1) is 4.92 Å². The minimum Gasteiger partial charge on any atom is -0.380 e. The molecule has 0 aliphatic heterocycles. The number of nitro benzene ring substituents is 1. The van der Waals surface area contributed by atoms with E-state index in [1.165, 1.54) is 12.1 Å². The van der Waals surface area contributed by atoms with Crippen molar-refractivity contribution in [3.05, 3.63) is 65.1 Å². The maximum Gasteiger partial charge on any atom is 0.270 e. The second-order valence-electron chi connectivity index (χ2n) is 4.01. The molecule has 2 aromatic rings. The predicted molar refractivity (Wildman–Crippen MR) is 92.3 cm³/mol. The lowest BCUT2D eigenvalue weighted by atomic mass is 10.2. The summed E-state index contributed by atoms with van der Waals surface area (Å²) in [7, 11) is 0. The molecular formula is C13H9BrClIN2O2. The molecule has 0 heterocycles. The van der Waals surface area contributed by atoms with E-state index < -0.39 is 4.92 Å². The molecule has 2 rings (SSSR count). The topological polar surface area (TPSA) is 55.2 Å². The molecule has 0 aromatic heterocycles. The summed E-state index contributed by atoms with van der Waals surface area (Å²) in [4.78, 5) is 10.3. The summed E-state index contributed by atoms with van der Waals surface area (Å²) in [5.41, 5.74) is 1.99. The van der Waals surface area contributed by atoms with Crippen molar-refractivity contribution in [3.63, 3.8) is 0 Å². The molecule has 7 heteroatoms. The van der Waals surface area contributed by atoms with Crippen LogP contribution in [-0.2, 0) is 6.54 Å². The lowest BCUT2D eigenvalue weighted by Crippen LogP contribution is -2.02. The molecule has 20 heavy (non-hydrogen) atoms. The summed E-state index contributed by atoms with van der Waals surface area (Å²) in [6.45, 7) is 0.566. The third kappa shape index (κ3) is 3.83. The first-order valence-corrected chi connectivity index (χ1v) is 7.84. The average molecular weight is 467 g/mol. The normalized spacial score (nSPS) is 10.3. The van der Waals surface area contributed by atoms with Gasteiger partial charge in [0.2, 0.25) is 0 Å². The van der Waals surface area contributed by atoms with E-state index in [9.17, 15) is 10.1 Å². The Bertz CT molecular complexity index is 667. The van der Waals surface area contributed by atoms with Crippen LogP contribution >= 0.6 is 50.1 Å². The molecule has 0 atom stereocenters. The largest absolute Gasteiger partial charge is 0.380 e. The summed E-state index contributed by atoms with van der Waals surface area (Å²) < 4.78 is 1.73. The fourth-order valence-corrected chi connectivity index (χ4v) is 3.19. The van der Waals surface area contributed by atoms with Gasteiger partial charge in [0.15, 0.2) is 0 Å². The number of nitrogens with one attached hydrogen (secondary N) is 1. The van der Waals surface area contributed by atoms with Crippen LogP contribution in [0.15, 0.2) is 40.9 Å². The Balaban J connectivity index is 2.13. The van der Waals surface area contributed by atoms with Gasteiger partial charge < -0.3 is 5.32 Å². The Kier molecular flexibility index (Phi) is 5.22. The van der Waals surface area contributed by atoms with Crippen LogP contribution in [0, 0.1) is 13.7 Å². The van der Waals surface area contributed by atoms with Gasteiger partial charge in [0, 0.05) is 37.4 Å². The van der Waals surface area contributed by atoms with Gasteiger partial charge in [-0.1, -0.05) is 27.5 Å². The first kappa shape index (κ1) is 15.5. The highest BCUT2D eigenvalue weighted by atomic mass is 127. The van der Waals surface area contributed by atoms with Gasteiger partial charge in [0.1, 0.15) is 0 Å². The van der Waals surface area contributed by atoms with Crippen molar-refractivity contribution in [1.29, 1.82) is 0 Å². The smallest absolute Gasteiger partial charge is 0.270 e. The van der Waals surface area contributed by atoms with Crippen molar-refractivity contribution in [2.75, 3.05) is 5.32 Å². The summed E-state index contributed by atoms with van der Waals surface area (Å²) in [6.07, 6.45) is 0. The third-order valence-corrected chi connectivity index (χ3v) is 4.51. The molecular weight excluding hydrogens is 458 g/mol. The molecule has 1 N–H and O–H groups in total. The number of hydrogen-bond acceptors (Lipinski definition) is 3. The molecule has 0 amide bonds. The molecule has 0 spiro atoms. The van der Waals surface area contributed by atoms with Crippen LogP contribution in [-0.4, -0.2) is 4.92 Å². The van der Waals surface area contributed by atoms with Gasteiger partial charge in [-0.05, 0) is 52.4 Å². The zero-order valence-electron chi connectivity index (χ0n) is 10.1. The van der Waals surface area contributed by atoms with Gasteiger partial charge in [0.25, 0.3) is 5.69 Å². The van der Waals surface area contributed by atoms with Crippen LogP contribution in [0.5, 0.6) is 0 Å². The van der Waals surface area contributed by atoms with Crippen molar-refractivity contribution < 1.29 is 4.92 Å². The molecule has 0 radical (unpaired) electrons. The first-order chi connectivity index (χ1) is 9.47. The molecule has 4 nitrogen and oxygen atoms in total. The Morgan fingerprint density at radius 1 is 1.30 bits per heavy atom. The highest BCUT2D eigenvalue weighted by molar-refractivity contribution is 14.1. The highest BCUT2D eigenvalue weighted by Gasteiger charge is 2.09. The van der Waals surface area contributed by atoms with Gasteiger partial charge in [-0.2, -0.15) is 0 Å². The number of nitro groups is 1. The minimum absolute atomic E-state index is 0.0710. The van der Waals surface area contributed by atoms with Crippen LogP contribution in [0.4, 0.5) is 11.4 Å². The van der Waals surface area contributed by atoms with Crippen molar-refractivity contribution >= 4 is 61.5 Å². The van der Waals surface area contributed by atoms with Crippen LogP contribution in [0.25, 0.3) is 0 Å². The summed E-state index contributed by atoms with van der Waals surface area (Å²) in [5, 5.41) is 14.6.